The van der Waals surface area contributed by atoms with Gasteiger partial charge < -0.3 is 15.1 Å². The summed E-state index contributed by atoms with van der Waals surface area (Å²) in [4.78, 5) is 16.0. The van der Waals surface area contributed by atoms with Gasteiger partial charge in [0.2, 0.25) is 11.8 Å². The summed E-state index contributed by atoms with van der Waals surface area (Å²) in [5.41, 5.74) is 0. The first-order chi connectivity index (χ1) is 8.65. The van der Waals surface area contributed by atoms with Crippen molar-refractivity contribution in [2.24, 2.45) is 5.92 Å². The summed E-state index contributed by atoms with van der Waals surface area (Å²) in [6.07, 6.45) is 4.44. The molecule has 0 saturated carbocycles. The highest BCUT2D eigenvalue weighted by atomic mass is 16.4. The van der Waals surface area contributed by atoms with Gasteiger partial charge in [-0.2, -0.15) is 0 Å². The number of amides is 1. The van der Waals surface area contributed by atoms with Crippen molar-refractivity contribution in [1.29, 1.82) is 0 Å². The van der Waals surface area contributed by atoms with Crippen LogP contribution >= 0.6 is 0 Å². The number of carbonyl (C=O) groups excluding carboxylic acids is 1. The van der Waals surface area contributed by atoms with E-state index in [1.54, 1.807) is 6.20 Å². The minimum atomic E-state index is -0.159. The largest absolute Gasteiger partial charge is 0.444 e. The molecule has 1 aliphatic rings. The molecule has 1 amide bonds. The van der Waals surface area contributed by atoms with Gasteiger partial charge in [0.1, 0.15) is 11.8 Å². The predicted molar refractivity (Wildman–Crippen MR) is 68.0 cm³/mol. The SMILES string of the molecule is Cc1cnc(C(C)NC(=O)CC2CCNCC2)o1. The number of carbonyl (C=O) groups is 1. The van der Waals surface area contributed by atoms with E-state index in [9.17, 15) is 4.79 Å². The lowest BCUT2D eigenvalue weighted by Gasteiger charge is -2.22. The molecule has 0 bridgehead atoms. The fourth-order valence-corrected chi connectivity index (χ4v) is 2.28. The highest BCUT2D eigenvalue weighted by Crippen LogP contribution is 2.17. The van der Waals surface area contributed by atoms with E-state index >= 15 is 0 Å². The Hall–Kier alpha value is -1.36. The van der Waals surface area contributed by atoms with Crippen LogP contribution in [0.5, 0.6) is 0 Å². The van der Waals surface area contributed by atoms with Crippen LogP contribution in [-0.2, 0) is 4.79 Å². The first-order valence-electron chi connectivity index (χ1n) is 6.57. The van der Waals surface area contributed by atoms with Crippen molar-refractivity contribution in [2.75, 3.05) is 13.1 Å². The van der Waals surface area contributed by atoms with Gasteiger partial charge in [0.15, 0.2) is 0 Å². The second kappa shape index (κ2) is 6.00. The number of oxazole rings is 1. The van der Waals surface area contributed by atoms with Gasteiger partial charge in [0.05, 0.1) is 6.20 Å². The van der Waals surface area contributed by atoms with Gasteiger partial charge in [-0.15, -0.1) is 0 Å². The zero-order chi connectivity index (χ0) is 13.0. The third-order valence-corrected chi connectivity index (χ3v) is 3.32. The molecule has 5 heteroatoms. The third-order valence-electron chi connectivity index (χ3n) is 3.32. The molecule has 0 aliphatic carbocycles. The lowest BCUT2D eigenvalue weighted by molar-refractivity contribution is -0.123. The van der Waals surface area contributed by atoms with Crippen LogP contribution in [0.15, 0.2) is 10.6 Å². The van der Waals surface area contributed by atoms with Gasteiger partial charge in [0.25, 0.3) is 0 Å². The van der Waals surface area contributed by atoms with Crippen molar-refractivity contribution in [3.8, 4) is 0 Å². The van der Waals surface area contributed by atoms with Crippen molar-refractivity contribution in [3.63, 3.8) is 0 Å². The highest BCUT2D eigenvalue weighted by Gasteiger charge is 2.19. The quantitative estimate of drug-likeness (QED) is 0.852. The summed E-state index contributed by atoms with van der Waals surface area (Å²) in [6, 6.07) is -0.159. The summed E-state index contributed by atoms with van der Waals surface area (Å²) in [7, 11) is 0. The van der Waals surface area contributed by atoms with Crippen LogP contribution in [0.2, 0.25) is 0 Å². The maximum atomic E-state index is 11.9. The van der Waals surface area contributed by atoms with Gasteiger partial charge in [0, 0.05) is 6.42 Å². The molecule has 1 atom stereocenters. The molecule has 1 aromatic heterocycles. The van der Waals surface area contributed by atoms with Crippen molar-refractivity contribution in [3.05, 3.63) is 17.8 Å². The molecule has 1 aromatic rings. The lowest BCUT2D eigenvalue weighted by atomic mass is 9.94. The number of nitrogens with zero attached hydrogens (tertiary/aromatic N) is 1. The van der Waals surface area contributed by atoms with Gasteiger partial charge in [-0.25, -0.2) is 4.98 Å². The standard InChI is InChI=1S/C13H21N3O2/c1-9-8-15-13(18-9)10(2)16-12(17)7-11-3-5-14-6-4-11/h8,10-11,14H,3-7H2,1-2H3,(H,16,17). The molecule has 5 nitrogen and oxygen atoms in total. The molecule has 1 aliphatic heterocycles. The minimum absolute atomic E-state index is 0.0882. The number of nitrogens with one attached hydrogen (secondary N) is 2. The summed E-state index contributed by atoms with van der Waals surface area (Å²) in [5, 5.41) is 6.24. The molecule has 0 aromatic carbocycles. The molecule has 2 N–H and O–H groups in total. The molecule has 0 spiro atoms. The van der Waals surface area contributed by atoms with Crippen molar-refractivity contribution in [1.82, 2.24) is 15.6 Å². The summed E-state index contributed by atoms with van der Waals surface area (Å²) in [6.45, 7) is 5.78. The Labute approximate surface area is 107 Å². The Morgan fingerprint density at radius 1 is 1.61 bits per heavy atom. The van der Waals surface area contributed by atoms with Gasteiger partial charge in [-0.05, 0) is 45.7 Å². The van der Waals surface area contributed by atoms with E-state index in [1.165, 1.54) is 0 Å². The lowest BCUT2D eigenvalue weighted by Crippen LogP contribution is -2.33. The molecule has 1 saturated heterocycles. The maximum Gasteiger partial charge on any atom is 0.220 e. The van der Waals surface area contributed by atoms with Gasteiger partial charge >= 0.3 is 0 Å². The molecule has 2 rings (SSSR count). The van der Waals surface area contributed by atoms with Crippen molar-refractivity contribution in [2.45, 2.75) is 39.2 Å². The average molecular weight is 251 g/mol. The fourth-order valence-electron chi connectivity index (χ4n) is 2.28. The van der Waals surface area contributed by atoms with Crippen LogP contribution in [-0.4, -0.2) is 24.0 Å². The van der Waals surface area contributed by atoms with E-state index in [2.05, 4.69) is 15.6 Å². The fraction of sp³-hybridized carbons (Fsp3) is 0.692. The van der Waals surface area contributed by atoms with E-state index in [1.807, 2.05) is 13.8 Å². The van der Waals surface area contributed by atoms with Gasteiger partial charge in [-0.3, -0.25) is 4.79 Å². The highest BCUT2D eigenvalue weighted by molar-refractivity contribution is 5.76. The van der Waals surface area contributed by atoms with Crippen LogP contribution in [0.3, 0.4) is 0 Å². The summed E-state index contributed by atoms with van der Waals surface area (Å²) in [5.74, 6) is 1.94. The molecule has 1 unspecified atom stereocenters. The molecule has 100 valence electrons. The first kappa shape index (κ1) is 13.1. The number of hydrogen-bond donors (Lipinski definition) is 2. The minimum Gasteiger partial charge on any atom is -0.444 e. The third kappa shape index (κ3) is 3.57. The van der Waals surface area contributed by atoms with E-state index in [-0.39, 0.29) is 11.9 Å². The number of piperidine rings is 1. The number of aromatic nitrogens is 1. The molecule has 0 radical (unpaired) electrons. The summed E-state index contributed by atoms with van der Waals surface area (Å²) >= 11 is 0. The number of rotatable bonds is 4. The maximum absolute atomic E-state index is 11.9. The van der Waals surface area contributed by atoms with E-state index in [0.29, 0.717) is 18.2 Å². The van der Waals surface area contributed by atoms with E-state index < -0.39 is 0 Å². The van der Waals surface area contributed by atoms with Crippen LogP contribution in [0.4, 0.5) is 0 Å². The smallest absolute Gasteiger partial charge is 0.220 e. The molecule has 1 fully saturated rings. The molecular formula is C13H21N3O2. The van der Waals surface area contributed by atoms with Crippen LogP contribution < -0.4 is 10.6 Å². The zero-order valence-electron chi connectivity index (χ0n) is 11.0. The first-order valence-corrected chi connectivity index (χ1v) is 6.57. The van der Waals surface area contributed by atoms with Crippen molar-refractivity contribution < 1.29 is 9.21 Å². The zero-order valence-corrected chi connectivity index (χ0v) is 11.0. The second-order valence-corrected chi connectivity index (χ2v) is 5.00. The molecule has 2 heterocycles. The molecular weight excluding hydrogens is 230 g/mol. The Balaban J connectivity index is 1.79. The van der Waals surface area contributed by atoms with E-state index in [4.69, 9.17) is 4.42 Å². The Morgan fingerprint density at radius 3 is 2.94 bits per heavy atom. The predicted octanol–water partition coefficient (Wildman–Crippen LogP) is 1.55. The second-order valence-electron chi connectivity index (χ2n) is 5.00. The topological polar surface area (TPSA) is 67.2 Å². The van der Waals surface area contributed by atoms with E-state index in [0.717, 1.165) is 31.7 Å². The monoisotopic (exact) mass is 251 g/mol. The Bertz CT molecular complexity index is 397. The summed E-state index contributed by atoms with van der Waals surface area (Å²) < 4.78 is 5.40. The van der Waals surface area contributed by atoms with Crippen LogP contribution in [0.25, 0.3) is 0 Å². The Morgan fingerprint density at radius 2 is 2.33 bits per heavy atom. The number of aryl methyl sites for hydroxylation is 1. The van der Waals surface area contributed by atoms with Crippen LogP contribution in [0, 0.1) is 12.8 Å². The molecule has 18 heavy (non-hydrogen) atoms. The van der Waals surface area contributed by atoms with Crippen LogP contribution in [0.1, 0.15) is 43.9 Å². The average Bonchev–Trinajstić information content (AvgIpc) is 2.77. The van der Waals surface area contributed by atoms with Crippen molar-refractivity contribution >= 4 is 5.91 Å². The normalized spacial score (nSPS) is 18.6. The number of hydrogen-bond acceptors (Lipinski definition) is 4. The van der Waals surface area contributed by atoms with Gasteiger partial charge in [-0.1, -0.05) is 0 Å². The Kier molecular flexibility index (Phi) is 4.36.